The van der Waals surface area contributed by atoms with Gasteiger partial charge < -0.3 is 0 Å². The van der Waals surface area contributed by atoms with Crippen LogP contribution in [0, 0.1) is 0 Å². The number of benzene rings is 2. The zero-order valence-corrected chi connectivity index (χ0v) is 17.5. The van der Waals surface area contributed by atoms with Crippen molar-refractivity contribution in [2.24, 2.45) is 0 Å². The van der Waals surface area contributed by atoms with Crippen molar-refractivity contribution < 1.29 is 0 Å². The topological polar surface area (TPSA) is 94.3 Å². The van der Waals surface area contributed by atoms with E-state index in [4.69, 9.17) is 0 Å². The summed E-state index contributed by atoms with van der Waals surface area (Å²) in [5, 5.41) is 18.8. The van der Waals surface area contributed by atoms with E-state index in [1.807, 2.05) is 49.4 Å². The van der Waals surface area contributed by atoms with E-state index in [-0.39, 0.29) is 5.69 Å². The van der Waals surface area contributed by atoms with Gasteiger partial charge in [0.15, 0.2) is 5.82 Å². The summed E-state index contributed by atoms with van der Waals surface area (Å²) >= 11 is 0. The molecule has 0 aliphatic heterocycles. The highest BCUT2D eigenvalue weighted by atomic mass is 16.2. The summed E-state index contributed by atoms with van der Waals surface area (Å²) in [7, 11) is 0. The Bertz CT molecular complexity index is 1200. The number of hydrogen-bond donors (Lipinski definition) is 1. The highest BCUT2D eigenvalue weighted by molar-refractivity contribution is 5.80. The maximum atomic E-state index is 12.8. The monoisotopic (exact) mass is 415 g/mol. The van der Waals surface area contributed by atoms with E-state index >= 15 is 0 Å². The van der Waals surface area contributed by atoms with Crippen LogP contribution in [0.25, 0.3) is 22.5 Å². The molecule has 0 saturated carbocycles. The van der Waals surface area contributed by atoms with Crippen LogP contribution >= 0.6 is 0 Å². The van der Waals surface area contributed by atoms with Gasteiger partial charge in [0.2, 0.25) is 0 Å². The van der Waals surface area contributed by atoms with Crippen molar-refractivity contribution >= 4 is 0 Å². The molecule has 0 fully saturated rings. The first-order valence-corrected chi connectivity index (χ1v) is 10.4. The molecule has 8 heteroatoms. The smallest absolute Gasteiger partial charge is 0.274 e. The Morgan fingerprint density at radius 2 is 1.87 bits per heavy atom. The number of aromatic amines is 1. The molecule has 31 heavy (non-hydrogen) atoms. The van der Waals surface area contributed by atoms with Crippen molar-refractivity contribution in [1.82, 2.24) is 35.0 Å². The highest BCUT2D eigenvalue weighted by Gasteiger charge is 2.14. The minimum absolute atomic E-state index is 0.0619. The lowest BCUT2D eigenvalue weighted by molar-refractivity contribution is 0.569. The van der Waals surface area contributed by atoms with E-state index in [9.17, 15) is 4.79 Å². The van der Waals surface area contributed by atoms with Crippen LogP contribution in [0.15, 0.2) is 66.0 Å². The molecule has 0 bridgehead atoms. The van der Waals surface area contributed by atoms with Crippen LogP contribution in [0.4, 0.5) is 0 Å². The second-order valence-corrected chi connectivity index (χ2v) is 7.33. The van der Waals surface area contributed by atoms with E-state index in [1.54, 1.807) is 9.25 Å². The molecule has 0 aliphatic carbocycles. The summed E-state index contributed by atoms with van der Waals surface area (Å²) in [6.07, 6.45) is 4.21. The third kappa shape index (κ3) is 4.37. The molecular weight excluding hydrogens is 390 g/mol. The summed E-state index contributed by atoms with van der Waals surface area (Å²) in [5.74, 6) is 1.42. The zero-order chi connectivity index (χ0) is 21.6. The molecule has 0 amide bonds. The van der Waals surface area contributed by atoms with Gasteiger partial charge in [-0.15, -0.1) is 11.7 Å². The van der Waals surface area contributed by atoms with Crippen LogP contribution in [0.2, 0.25) is 0 Å². The molecule has 2 aromatic heterocycles. The van der Waals surface area contributed by atoms with E-state index in [0.717, 1.165) is 40.9 Å². The van der Waals surface area contributed by atoms with Gasteiger partial charge in [-0.1, -0.05) is 61.5 Å². The van der Waals surface area contributed by atoms with Gasteiger partial charge in [0.25, 0.3) is 0 Å². The highest BCUT2D eigenvalue weighted by Crippen LogP contribution is 2.29. The fourth-order valence-corrected chi connectivity index (χ4v) is 3.61. The summed E-state index contributed by atoms with van der Waals surface area (Å²) in [6, 6.07) is 16.2. The van der Waals surface area contributed by atoms with Crippen LogP contribution in [0.5, 0.6) is 0 Å². The Morgan fingerprint density at radius 3 is 2.55 bits per heavy atom. The average molecular weight is 416 g/mol. The molecule has 4 aromatic rings. The Morgan fingerprint density at radius 1 is 1.10 bits per heavy atom. The molecule has 0 saturated heterocycles. The first-order chi connectivity index (χ1) is 15.2. The molecule has 0 radical (unpaired) electrons. The third-order valence-corrected chi connectivity index (χ3v) is 5.14. The number of tetrazole rings is 1. The van der Waals surface area contributed by atoms with Crippen LogP contribution < -0.4 is 5.69 Å². The van der Waals surface area contributed by atoms with Crippen molar-refractivity contribution in [2.45, 2.75) is 39.3 Å². The molecule has 2 aromatic carbocycles. The van der Waals surface area contributed by atoms with Crippen molar-refractivity contribution in [3.8, 4) is 22.5 Å². The predicted octanol–water partition coefficient (Wildman–Crippen LogP) is 3.47. The number of hydrogen-bond acceptors (Lipinski definition) is 5. The largest absolute Gasteiger partial charge is 0.346 e. The van der Waals surface area contributed by atoms with Crippen LogP contribution in [-0.2, 0) is 19.5 Å². The molecule has 8 nitrogen and oxygen atoms in total. The first kappa shape index (κ1) is 20.5. The van der Waals surface area contributed by atoms with Gasteiger partial charge in [-0.05, 0) is 40.0 Å². The van der Waals surface area contributed by atoms with Crippen LogP contribution in [0.3, 0.4) is 0 Å². The van der Waals surface area contributed by atoms with E-state index < -0.39 is 0 Å². The lowest BCUT2D eigenvalue weighted by Crippen LogP contribution is -2.26. The van der Waals surface area contributed by atoms with E-state index in [0.29, 0.717) is 25.3 Å². The Balaban J connectivity index is 1.62. The lowest BCUT2D eigenvalue weighted by Gasteiger charge is -2.09. The molecule has 158 valence electrons. The lowest BCUT2D eigenvalue weighted by atomic mass is 9.98. The maximum Gasteiger partial charge on any atom is 0.346 e. The molecular formula is C23H25N7O. The predicted molar refractivity (Wildman–Crippen MR) is 119 cm³/mol. The minimum Gasteiger partial charge on any atom is -0.274 e. The summed E-state index contributed by atoms with van der Waals surface area (Å²) < 4.78 is 3.33. The fraction of sp³-hybridized carbons (Fsp3) is 0.261. The average Bonchev–Trinajstić information content (AvgIpc) is 3.43. The number of nitrogens with zero attached hydrogens (tertiary/aromatic N) is 6. The van der Waals surface area contributed by atoms with Gasteiger partial charge in [0, 0.05) is 18.5 Å². The van der Waals surface area contributed by atoms with E-state index in [1.165, 1.54) is 0 Å². The zero-order valence-electron chi connectivity index (χ0n) is 17.5. The number of H-pyrrole nitrogens is 1. The number of aromatic nitrogens is 7. The number of rotatable bonds is 9. The Labute approximate surface area is 180 Å². The first-order valence-electron chi connectivity index (χ1n) is 10.4. The van der Waals surface area contributed by atoms with Gasteiger partial charge >= 0.3 is 5.69 Å². The maximum absolute atomic E-state index is 12.8. The molecule has 4 rings (SSSR count). The Hall–Kier alpha value is -3.81. The summed E-state index contributed by atoms with van der Waals surface area (Å²) in [4.78, 5) is 12.8. The molecule has 2 heterocycles. The minimum atomic E-state index is -0.0619. The normalized spacial score (nSPS) is 11.0. The van der Waals surface area contributed by atoms with Crippen molar-refractivity contribution in [3.05, 3.63) is 83.1 Å². The van der Waals surface area contributed by atoms with Gasteiger partial charge in [0.1, 0.15) is 5.82 Å². The third-order valence-electron chi connectivity index (χ3n) is 5.14. The van der Waals surface area contributed by atoms with E-state index in [2.05, 4.69) is 44.4 Å². The van der Waals surface area contributed by atoms with Gasteiger partial charge in [-0.25, -0.2) is 14.6 Å². The molecule has 0 spiro atoms. The number of allylic oxidation sites excluding steroid dienone is 1. The summed E-state index contributed by atoms with van der Waals surface area (Å²) in [5.41, 5.74) is 4.00. The summed E-state index contributed by atoms with van der Waals surface area (Å²) in [6.45, 7) is 6.94. The second kappa shape index (κ2) is 9.34. The Kier molecular flexibility index (Phi) is 6.16. The van der Waals surface area contributed by atoms with Gasteiger partial charge in [-0.2, -0.15) is 5.10 Å². The van der Waals surface area contributed by atoms with Crippen LogP contribution in [-0.4, -0.2) is 35.0 Å². The van der Waals surface area contributed by atoms with Crippen molar-refractivity contribution in [3.63, 3.8) is 0 Å². The van der Waals surface area contributed by atoms with Crippen LogP contribution in [0.1, 0.15) is 31.2 Å². The van der Waals surface area contributed by atoms with Gasteiger partial charge in [-0.3, -0.25) is 4.57 Å². The number of aryl methyl sites for hydroxylation is 2. The number of nitrogens with one attached hydrogen (secondary N) is 1. The molecule has 1 N–H and O–H groups in total. The van der Waals surface area contributed by atoms with Gasteiger partial charge in [0.05, 0.1) is 6.54 Å². The molecule has 0 atom stereocenters. The fourth-order valence-electron chi connectivity index (χ4n) is 3.61. The quantitative estimate of drug-likeness (QED) is 0.423. The van der Waals surface area contributed by atoms with Crippen molar-refractivity contribution in [1.29, 1.82) is 0 Å². The molecule has 0 unspecified atom stereocenters. The molecule has 0 aliphatic rings. The standard InChI is InChI=1S/C23H25N7O/c1-3-5-10-21-26-30(15-4-2)23(31)29(21)16-17-11-13-18(14-12-17)19-8-6-7-9-20(19)22-24-27-28-25-22/h3,6-9,11-14H,1,4-5,10,15-16H2,2H3,(H,24,25,27,28). The second-order valence-electron chi connectivity index (χ2n) is 7.33. The SMILES string of the molecule is C=CCCc1nn(CCC)c(=O)n1Cc1ccc(-c2ccccc2-c2nnn[nH]2)cc1. The van der Waals surface area contributed by atoms with Crippen molar-refractivity contribution in [2.75, 3.05) is 0 Å².